The summed E-state index contributed by atoms with van der Waals surface area (Å²) in [6.07, 6.45) is 4.21. The Morgan fingerprint density at radius 1 is 1.32 bits per heavy atom. The number of carbonyl (C=O) groups is 1. The van der Waals surface area contributed by atoms with E-state index in [1.54, 1.807) is 10.7 Å². The van der Waals surface area contributed by atoms with Crippen molar-refractivity contribution in [1.29, 1.82) is 0 Å². The monoisotopic (exact) mass is 316 g/mol. The summed E-state index contributed by atoms with van der Waals surface area (Å²) in [5, 5.41) is 7.61. The van der Waals surface area contributed by atoms with Gasteiger partial charge in [-0.3, -0.25) is 4.79 Å². The van der Waals surface area contributed by atoms with Crippen LogP contribution in [0.3, 0.4) is 0 Å². The van der Waals surface area contributed by atoms with Crippen molar-refractivity contribution >= 4 is 28.2 Å². The zero-order valence-corrected chi connectivity index (χ0v) is 13.4. The number of rotatable bonds is 4. The van der Waals surface area contributed by atoms with E-state index in [2.05, 4.69) is 25.4 Å². The average Bonchev–Trinajstić information content (AvgIpc) is 3.07. The molecule has 0 unspecified atom stereocenters. The molecule has 114 valence electrons. The first-order chi connectivity index (χ1) is 10.5. The molecule has 0 radical (unpaired) electrons. The molecule has 0 fully saturated rings. The third kappa shape index (κ3) is 2.82. The predicted molar refractivity (Wildman–Crippen MR) is 84.1 cm³/mol. The van der Waals surface area contributed by atoms with E-state index in [1.165, 1.54) is 17.7 Å². The summed E-state index contributed by atoms with van der Waals surface area (Å²) in [5.41, 5.74) is 2.89. The molecular weight excluding hydrogens is 300 g/mol. The van der Waals surface area contributed by atoms with Gasteiger partial charge in [-0.1, -0.05) is 0 Å². The van der Waals surface area contributed by atoms with E-state index in [9.17, 15) is 4.79 Å². The molecule has 3 aromatic rings. The Balaban J connectivity index is 1.72. The lowest BCUT2D eigenvalue weighted by molar-refractivity contribution is -0.116. The van der Waals surface area contributed by atoms with Gasteiger partial charge in [-0.2, -0.15) is 10.1 Å². The first-order valence-electron chi connectivity index (χ1n) is 6.92. The summed E-state index contributed by atoms with van der Waals surface area (Å²) < 4.78 is 1.70. The number of carbonyl (C=O) groups excluding carboxylic acids is 1. The normalized spacial score (nSPS) is 11.0. The van der Waals surface area contributed by atoms with Crippen LogP contribution in [0.4, 0.5) is 5.13 Å². The zero-order chi connectivity index (χ0) is 15.7. The number of nitrogens with one attached hydrogen (secondary N) is 1. The maximum Gasteiger partial charge on any atom is 0.252 e. The van der Waals surface area contributed by atoms with Crippen molar-refractivity contribution in [3.63, 3.8) is 0 Å². The topological polar surface area (TPSA) is 85.1 Å². The lowest BCUT2D eigenvalue weighted by atomic mass is 10.1. The molecule has 22 heavy (non-hydrogen) atoms. The van der Waals surface area contributed by atoms with Gasteiger partial charge in [-0.05, 0) is 32.8 Å². The second-order valence-corrected chi connectivity index (χ2v) is 6.29. The smallest absolute Gasteiger partial charge is 0.252 e. The van der Waals surface area contributed by atoms with E-state index in [4.69, 9.17) is 0 Å². The van der Waals surface area contributed by atoms with Crippen LogP contribution < -0.4 is 5.32 Å². The molecule has 3 rings (SSSR count). The molecule has 0 bridgehead atoms. The molecule has 0 saturated carbocycles. The summed E-state index contributed by atoms with van der Waals surface area (Å²) in [6.45, 7) is 5.85. The van der Waals surface area contributed by atoms with E-state index >= 15 is 0 Å². The number of aromatic nitrogens is 5. The maximum absolute atomic E-state index is 12.0. The Morgan fingerprint density at radius 3 is 2.86 bits per heavy atom. The van der Waals surface area contributed by atoms with Crippen LogP contribution in [-0.2, 0) is 11.2 Å². The summed E-state index contributed by atoms with van der Waals surface area (Å²) in [6, 6.07) is 0. The minimum Gasteiger partial charge on any atom is -0.302 e. The van der Waals surface area contributed by atoms with Crippen molar-refractivity contribution in [2.75, 3.05) is 5.32 Å². The molecule has 7 nitrogen and oxygen atoms in total. The van der Waals surface area contributed by atoms with Crippen LogP contribution in [0.25, 0.3) is 5.78 Å². The first-order valence-corrected chi connectivity index (χ1v) is 7.74. The predicted octanol–water partition coefficient (Wildman–Crippen LogP) is 2.08. The third-order valence-electron chi connectivity index (χ3n) is 3.46. The van der Waals surface area contributed by atoms with Gasteiger partial charge in [-0.25, -0.2) is 14.5 Å². The first kappa shape index (κ1) is 14.6. The second kappa shape index (κ2) is 5.80. The molecule has 0 aromatic carbocycles. The van der Waals surface area contributed by atoms with Crippen LogP contribution in [-0.4, -0.2) is 30.5 Å². The Bertz CT molecular complexity index is 837. The van der Waals surface area contributed by atoms with Gasteiger partial charge in [0.05, 0.1) is 0 Å². The van der Waals surface area contributed by atoms with Crippen molar-refractivity contribution in [3.8, 4) is 0 Å². The number of thiazole rings is 1. The highest BCUT2D eigenvalue weighted by atomic mass is 32.1. The highest BCUT2D eigenvalue weighted by Gasteiger charge is 2.13. The molecule has 0 aliphatic carbocycles. The largest absolute Gasteiger partial charge is 0.302 e. The van der Waals surface area contributed by atoms with Crippen LogP contribution >= 0.6 is 11.3 Å². The molecule has 3 heterocycles. The van der Waals surface area contributed by atoms with Crippen molar-refractivity contribution in [2.24, 2.45) is 0 Å². The zero-order valence-electron chi connectivity index (χ0n) is 12.6. The van der Waals surface area contributed by atoms with Crippen molar-refractivity contribution in [3.05, 3.63) is 34.4 Å². The van der Waals surface area contributed by atoms with Gasteiger partial charge in [0.1, 0.15) is 6.33 Å². The van der Waals surface area contributed by atoms with Crippen LogP contribution in [0, 0.1) is 20.8 Å². The lowest BCUT2D eigenvalue weighted by Crippen LogP contribution is -2.14. The molecular formula is C14H16N6OS. The van der Waals surface area contributed by atoms with E-state index in [1.807, 2.05) is 20.8 Å². The fourth-order valence-electron chi connectivity index (χ4n) is 2.35. The van der Waals surface area contributed by atoms with Crippen LogP contribution in [0.5, 0.6) is 0 Å². The average molecular weight is 316 g/mol. The number of anilines is 1. The summed E-state index contributed by atoms with van der Waals surface area (Å²) in [5.74, 6) is 0.535. The quantitative estimate of drug-likeness (QED) is 0.796. The summed E-state index contributed by atoms with van der Waals surface area (Å²) in [4.78, 5) is 25.7. The van der Waals surface area contributed by atoms with Crippen LogP contribution in [0.2, 0.25) is 0 Å². The van der Waals surface area contributed by atoms with Crippen LogP contribution in [0.1, 0.15) is 28.2 Å². The lowest BCUT2D eigenvalue weighted by Gasteiger charge is -2.10. The fraction of sp³-hybridized carbons (Fsp3) is 0.357. The number of hydrogen-bond acceptors (Lipinski definition) is 6. The Morgan fingerprint density at radius 2 is 2.14 bits per heavy atom. The molecule has 0 atom stereocenters. The Hall–Kier alpha value is -2.35. The molecule has 8 heteroatoms. The van der Waals surface area contributed by atoms with Crippen molar-refractivity contribution < 1.29 is 4.79 Å². The maximum atomic E-state index is 12.0. The van der Waals surface area contributed by atoms with Gasteiger partial charge in [0.2, 0.25) is 5.91 Å². The van der Waals surface area contributed by atoms with Gasteiger partial charge in [-0.15, -0.1) is 11.3 Å². The number of nitrogens with zero attached hydrogens (tertiary/aromatic N) is 5. The fourth-order valence-corrected chi connectivity index (χ4v) is 3.03. The van der Waals surface area contributed by atoms with Gasteiger partial charge < -0.3 is 5.32 Å². The third-order valence-corrected chi connectivity index (χ3v) is 4.29. The highest BCUT2D eigenvalue weighted by molar-refractivity contribution is 7.15. The van der Waals surface area contributed by atoms with Gasteiger partial charge in [0.25, 0.3) is 5.78 Å². The van der Waals surface area contributed by atoms with Gasteiger partial charge in [0.15, 0.2) is 5.13 Å². The molecule has 0 aliphatic heterocycles. The minimum absolute atomic E-state index is 0.0492. The SMILES string of the molecule is Cc1cnc(NC(=O)CCc2c(C)nc3ncnn3c2C)s1. The number of aryl methyl sites for hydroxylation is 3. The molecule has 0 saturated heterocycles. The molecule has 1 N–H and O–H groups in total. The van der Waals surface area contributed by atoms with Crippen LogP contribution in [0.15, 0.2) is 12.5 Å². The number of amides is 1. The summed E-state index contributed by atoms with van der Waals surface area (Å²) in [7, 11) is 0. The summed E-state index contributed by atoms with van der Waals surface area (Å²) >= 11 is 1.47. The van der Waals surface area contributed by atoms with E-state index in [0.29, 0.717) is 23.8 Å². The van der Waals surface area contributed by atoms with Crippen molar-refractivity contribution in [2.45, 2.75) is 33.6 Å². The second-order valence-electron chi connectivity index (χ2n) is 5.06. The highest BCUT2D eigenvalue weighted by Crippen LogP contribution is 2.18. The Labute approximate surface area is 131 Å². The van der Waals surface area contributed by atoms with E-state index < -0.39 is 0 Å². The van der Waals surface area contributed by atoms with E-state index in [-0.39, 0.29) is 5.91 Å². The standard InChI is InChI=1S/C14H16N6OS/c1-8-6-15-14(22-8)19-12(21)5-4-11-9(2)18-13-16-7-17-20(13)10(11)3/h6-7H,4-5H2,1-3H3,(H,15,19,21). The molecule has 0 aliphatic rings. The molecule has 0 spiro atoms. The number of fused-ring (bicyclic) bond motifs is 1. The van der Waals surface area contributed by atoms with Gasteiger partial charge in [0, 0.05) is 28.9 Å². The number of hydrogen-bond donors (Lipinski definition) is 1. The van der Waals surface area contributed by atoms with Crippen molar-refractivity contribution in [1.82, 2.24) is 24.6 Å². The minimum atomic E-state index is -0.0492. The molecule has 3 aromatic heterocycles. The molecule has 1 amide bonds. The van der Waals surface area contributed by atoms with Gasteiger partial charge >= 0.3 is 0 Å². The van der Waals surface area contributed by atoms with E-state index in [0.717, 1.165) is 21.8 Å². The Kier molecular flexibility index (Phi) is 3.84.